The minimum atomic E-state index is -1.39. The number of aromatic nitrogens is 4. The van der Waals surface area contributed by atoms with E-state index in [2.05, 4.69) is 19.9 Å². The molecule has 0 spiro atoms. The Morgan fingerprint density at radius 2 is 1.81 bits per heavy atom. The normalized spacial score (nSPS) is 11.5. The molecule has 0 fully saturated rings. The number of nitrogens with two attached hydrogens (primary N) is 2. The third-order valence-electron chi connectivity index (χ3n) is 3.59. The van der Waals surface area contributed by atoms with Crippen LogP contribution in [0.25, 0.3) is 17.2 Å². The summed E-state index contributed by atoms with van der Waals surface area (Å²) in [7, 11) is 1.78. The molecule has 0 bridgehead atoms. The first-order valence-corrected chi connectivity index (χ1v) is 7.38. The molecule has 3 aromatic rings. The van der Waals surface area contributed by atoms with Crippen molar-refractivity contribution in [3.05, 3.63) is 41.8 Å². The SMILES string of the molecule is CN(c1ccc(/C=C(\O)C(=O)O)cc1)c1cnc2nc(N)nc(N)c2n1. The maximum Gasteiger partial charge on any atom is 0.370 e. The predicted molar refractivity (Wildman–Crippen MR) is 96.7 cm³/mol. The number of nitrogen functional groups attached to an aromatic ring is 2. The first kappa shape index (κ1) is 16.9. The maximum atomic E-state index is 10.6. The van der Waals surface area contributed by atoms with E-state index in [-0.39, 0.29) is 11.8 Å². The van der Waals surface area contributed by atoms with E-state index in [0.29, 0.717) is 22.5 Å². The predicted octanol–water partition coefficient (Wildman–Crippen LogP) is 1.34. The summed E-state index contributed by atoms with van der Waals surface area (Å²) in [6.45, 7) is 0. The Balaban J connectivity index is 1.92. The highest BCUT2D eigenvalue weighted by atomic mass is 16.4. The minimum Gasteiger partial charge on any atom is -0.502 e. The Morgan fingerprint density at radius 3 is 2.46 bits per heavy atom. The van der Waals surface area contributed by atoms with Gasteiger partial charge in [0.05, 0.1) is 6.20 Å². The smallest absolute Gasteiger partial charge is 0.370 e. The third-order valence-corrected chi connectivity index (χ3v) is 3.59. The van der Waals surface area contributed by atoms with Crippen molar-refractivity contribution in [3.63, 3.8) is 0 Å². The number of fused-ring (bicyclic) bond motifs is 1. The van der Waals surface area contributed by atoms with Crippen LogP contribution in [-0.4, -0.2) is 43.2 Å². The van der Waals surface area contributed by atoms with Gasteiger partial charge in [-0.1, -0.05) is 12.1 Å². The molecule has 10 nitrogen and oxygen atoms in total. The van der Waals surface area contributed by atoms with E-state index >= 15 is 0 Å². The summed E-state index contributed by atoms with van der Waals surface area (Å²) in [5, 5.41) is 18.0. The van der Waals surface area contributed by atoms with Crippen LogP contribution >= 0.6 is 0 Å². The first-order chi connectivity index (χ1) is 12.3. The van der Waals surface area contributed by atoms with Gasteiger partial charge in [0, 0.05) is 12.7 Å². The number of aliphatic carboxylic acids is 1. The number of aliphatic hydroxyl groups excluding tert-OH is 1. The summed E-state index contributed by atoms with van der Waals surface area (Å²) in [5.74, 6) is -1.45. The second-order valence-corrected chi connectivity index (χ2v) is 5.35. The highest BCUT2D eigenvalue weighted by Gasteiger charge is 2.11. The van der Waals surface area contributed by atoms with Crippen LogP contribution in [0.4, 0.5) is 23.3 Å². The van der Waals surface area contributed by atoms with Crippen molar-refractivity contribution < 1.29 is 15.0 Å². The number of nitrogens with zero attached hydrogens (tertiary/aromatic N) is 5. The fourth-order valence-corrected chi connectivity index (χ4v) is 2.24. The molecule has 2 heterocycles. The summed E-state index contributed by atoms with van der Waals surface area (Å²) in [4.78, 5) is 28.9. The molecular weight excluding hydrogens is 338 g/mol. The van der Waals surface area contributed by atoms with Gasteiger partial charge in [0.15, 0.2) is 22.8 Å². The molecule has 1 aromatic carbocycles. The van der Waals surface area contributed by atoms with Crippen molar-refractivity contribution in [2.45, 2.75) is 0 Å². The Kier molecular flexibility index (Phi) is 4.23. The Labute approximate surface area is 147 Å². The zero-order valence-corrected chi connectivity index (χ0v) is 13.7. The monoisotopic (exact) mass is 353 g/mol. The van der Waals surface area contributed by atoms with Crippen molar-refractivity contribution in [1.82, 2.24) is 19.9 Å². The van der Waals surface area contributed by atoms with Crippen LogP contribution in [0.3, 0.4) is 0 Å². The molecule has 0 aliphatic carbocycles. The lowest BCUT2D eigenvalue weighted by molar-refractivity contribution is -0.135. The highest BCUT2D eigenvalue weighted by molar-refractivity contribution is 5.89. The lowest BCUT2D eigenvalue weighted by atomic mass is 10.1. The summed E-state index contributed by atoms with van der Waals surface area (Å²) >= 11 is 0. The average Bonchev–Trinajstić information content (AvgIpc) is 2.61. The summed E-state index contributed by atoms with van der Waals surface area (Å²) in [5.41, 5.74) is 13.3. The van der Waals surface area contributed by atoms with Gasteiger partial charge in [0.2, 0.25) is 11.7 Å². The second kappa shape index (κ2) is 6.51. The molecule has 0 saturated heterocycles. The van der Waals surface area contributed by atoms with Gasteiger partial charge in [-0.15, -0.1) is 0 Å². The van der Waals surface area contributed by atoms with Gasteiger partial charge in [-0.3, -0.25) is 0 Å². The van der Waals surface area contributed by atoms with Crippen LogP contribution in [-0.2, 0) is 4.79 Å². The number of hydrogen-bond acceptors (Lipinski definition) is 9. The maximum absolute atomic E-state index is 10.6. The zero-order valence-electron chi connectivity index (χ0n) is 13.7. The van der Waals surface area contributed by atoms with Crippen LogP contribution in [0.5, 0.6) is 0 Å². The Morgan fingerprint density at radius 1 is 1.12 bits per heavy atom. The van der Waals surface area contributed by atoms with Crippen LogP contribution in [0, 0.1) is 0 Å². The number of aliphatic hydroxyl groups is 1. The van der Waals surface area contributed by atoms with Gasteiger partial charge >= 0.3 is 5.97 Å². The molecule has 0 saturated carbocycles. The van der Waals surface area contributed by atoms with E-state index in [4.69, 9.17) is 16.6 Å². The molecule has 2 aromatic heterocycles. The molecule has 3 rings (SSSR count). The van der Waals surface area contributed by atoms with Gasteiger partial charge in [-0.2, -0.15) is 9.97 Å². The van der Waals surface area contributed by atoms with Crippen LogP contribution < -0.4 is 16.4 Å². The number of carboxylic acid groups (broad SMARTS) is 1. The molecule has 0 aliphatic heterocycles. The molecule has 26 heavy (non-hydrogen) atoms. The van der Waals surface area contributed by atoms with E-state index in [9.17, 15) is 9.90 Å². The second-order valence-electron chi connectivity index (χ2n) is 5.35. The molecular formula is C16H15N7O3. The van der Waals surface area contributed by atoms with Crippen molar-refractivity contribution in [1.29, 1.82) is 0 Å². The van der Waals surface area contributed by atoms with E-state index in [1.807, 2.05) is 0 Å². The minimum absolute atomic E-state index is 0.0265. The Hall–Kier alpha value is -3.95. The fraction of sp³-hybridized carbons (Fsp3) is 0.0625. The van der Waals surface area contributed by atoms with Crippen molar-refractivity contribution in [2.24, 2.45) is 0 Å². The largest absolute Gasteiger partial charge is 0.502 e. The van der Waals surface area contributed by atoms with Crippen molar-refractivity contribution in [3.8, 4) is 0 Å². The average molecular weight is 353 g/mol. The van der Waals surface area contributed by atoms with Crippen LogP contribution in [0.1, 0.15) is 5.56 Å². The van der Waals surface area contributed by atoms with Gasteiger partial charge in [-0.05, 0) is 23.8 Å². The number of benzene rings is 1. The molecule has 10 heteroatoms. The molecule has 0 unspecified atom stereocenters. The van der Waals surface area contributed by atoms with Gasteiger partial charge < -0.3 is 26.6 Å². The van der Waals surface area contributed by atoms with Crippen molar-refractivity contribution >= 4 is 46.5 Å². The van der Waals surface area contributed by atoms with Gasteiger partial charge in [0.1, 0.15) is 0 Å². The molecule has 132 valence electrons. The number of hydrogen-bond donors (Lipinski definition) is 4. The molecule has 0 aliphatic rings. The van der Waals surface area contributed by atoms with E-state index in [1.54, 1.807) is 36.2 Å². The quantitative estimate of drug-likeness (QED) is 0.397. The molecule has 0 atom stereocenters. The number of anilines is 4. The Bertz CT molecular complexity index is 1020. The van der Waals surface area contributed by atoms with Crippen LogP contribution in [0.15, 0.2) is 36.2 Å². The molecule has 6 N–H and O–H groups in total. The first-order valence-electron chi connectivity index (χ1n) is 7.38. The standard InChI is InChI=1S/C16H15N7O3/c1-23(9-4-2-8(3-5-9)6-10(24)15(25)26)11-7-19-14-12(20-11)13(17)21-16(18)22-14/h2-7,24H,1H3,(H,25,26)(H4,17,18,19,21,22)/b10-6-. The topological polar surface area (TPSA) is 164 Å². The highest BCUT2D eigenvalue weighted by Crippen LogP contribution is 2.24. The molecule has 0 radical (unpaired) electrons. The summed E-state index contributed by atoms with van der Waals surface area (Å²) < 4.78 is 0. The van der Waals surface area contributed by atoms with E-state index in [0.717, 1.165) is 11.8 Å². The molecule has 0 amide bonds. The lowest BCUT2D eigenvalue weighted by Gasteiger charge is -2.18. The lowest BCUT2D eigenvalue weighted by Crippen LogP contribution is -2.12. The summed E-state index contributed by atoms with van der Waals surface area (Å²) in [6.07, 6.45) is 2.68. The van der Waals surface area contributed by atoms with Gasteiger partial charge in [-0.25, -0.2) is 14.8 Å². The third kappa shape index (κ3) is 3.29. The fourth-order valence-electron chi connectivity index (χ4n) is 2.24. The zero-order chi connectivity index (χ0) is 18.8. The van der Waals surface area contributed by atoms with Crippen molar-refractivity contribution in [2.75, 3.05) is 23.4 Å². The number of rotatable bonds is 4. The number of carboxylic acids is 1. The summed E-state index contributed by atoms with van der Waals surface area (Å²) in [6, 6.07) is 6.82. The van der Waals surface area contributed by atoms with E-state index in [1.165, 1.54) is 6.20 Å². The van der Waals surface area contributed by atoms with Gasteiger partial charge in [0.25, 0.3) is 0 Å². The van der Waals surface area contributed by atoms with Crippen LogP contribution in [0.2, 0.25) is 0 Å². The number of carbonyl (C=O) groups is 1. The van der Waals surface area contributed by atoms with E-state index < -0.39 is 11.7 Å².